The number of primary amides is 1. The SMILES string of the molecule is Cc1c(CC(N)=O)c2cc(O)ccc2n1C(=O)c1ccc(F)c(F)c1. The average Bonchev–Trinajstić information content (AvgIpc) is 2.81. The summed E-state index contributed by atoms with van der Waals surface area (Å²) in [5, 5.41) is 10.2. The molecule has 0 fully saturated rings. The number of carbonyl (C=O) groups excluding carboxylic acids is 2. The minimum Gasteiger partial charge on any atom is -0.508 e. The number of amides is 1. The highest BCUT2D eigenvalue weighted by Crippen LogP contribution is 2.30. The number of nitrogens with two attached hydrogens (primary N) is 1. The van der Waals surface area contributed by atoms with Crippen molar-refractivity contribution in [2.45, 2.75) is 13.3 Å². The number of phenolic OH excluding ortho intramolecular Hbond substituents is 1. The van der Waals surface area contributed by atoms with Gasteiger partial charge in [0.1, 0.15) is 5.75 Å². The molecule has 0 saturated carbocycles. The lowest BCUT2D eigenvalue weighted by atomic mass is 10.1. The molecule has 0 aliphatic heterocycles. The highest BCUT2D eigenvalue weighted by Gasteiger charge is 2.22. The largest absolute Gasteiger partial charge is 0.508 e. The van der Waals surface area contributed by atoms with E-state index in [9.17, 15) is 23.5 Å². The topological polar surface area (TPSA) is 85.3 Å². The van der Waals surface area contributed by atoms with Gasteiger partial charge in [-0.3, -0.25) is 14.2 Å². The number of aromatic nitrogens is 1. The summed E-state index contributed by atoms with van der Waals surface area (Å²) < 4.78 is 27.9. The molecule has 1 heterocycles. The van der Waals surface area contributed by atoms with Gasteiger partial charge in [-0.1, -0.05) is 0 Å². The first-order valence-corrected chi connectivity index (χ1v) is 7.40. The van der Waals surface area contributed by atoms with Gasteiger partial charge in [0.15, 0.2) is 11.6 Å². The summed E-state index contributed by atoms with van der Waals surface area (Å²) in [6, 6.07) is 7.21. The van der Waals surface area contributed by atoms with Gasteiger partial charge in [-0.25, -0.2) is 8.78 Å². The summed E-state index contributed by atoms with van der Waals surface area (Å²) in [5.74, 6) is -3.39. The van der Waals surface area contributed by atoms with Crippen LogP contribution in [0.1, 0.15) is 21.6 Å². The number of aromatic hydroxyl groups is 1. The molecule has 0 unspecified atom stereocenters. The second-order valence-corrected chi connectivity index (χ2v) is 5.68. The first-order valence-electron chi connectivity index (χ1n) is 7.40. The van der Waals surface area contributed by atoms with E-state index < -0.39 is 23.4 Å². The van der Waals surface area contributed by atoms with E-state index in [2.05, 4.69) is 0 Å². The third kappa shape index (κ3) is 2.84. The fourth-order valence-corrected chi connectivity index (χ4v) is 2.89. The van der Waals surface area contributed by atoms with E-state index in [0.29, 0.717) is 22.2 Å². The van der Waals surface area contributed by atoms with Crippen molar-refractivity contribution >= 4 is 22.7 Å². The third-order valence-electron chi connectivity index (χ3n) is 4.04. The van der Waals surface area contributed by atoms with E-state index >= 15 is 0 Å². The first kappa shape index (κ1) is 16.6. The van der Waals surface area contributed by atoms with Crippen molar-refractivity contribution in [3.8, 4) is 5.75 Å². The predicted octanol–water partition coefficient (Wildman–Crippen LogP) is 2.65. The molecule has 0 saturated heterocycles. The van der Waals surface area contributed by atoms with Crippen LogP contribution in [0, 0.1) is 18.6 Å². The molecular formula is C18H14F2N2O3. The standard InChI is InChI=1S/C18H14F2N2O3/c1-9-12(8-17(21)24)13-7-11(23)3-5-16(13)22(9)18(25)10-2-4-14(19)15(20)6-10/h2-7,23H,8H2,1H3,(H2,21,24). The van der Waals surface area contributed by atoms with Gasteiger partial charge >= 0.3 is 0 Å². The van der Waals surface area contributed by atoms with Crippen LogP contribution in [0.4, 0.5) is 8.78 Å². The van der Waals surface area contributed by atoms with E-state index in [1.165, 1.54) is 28.8 Å². The molecule has 3 rings (SSSR count). The highest BCUT2D eigenvalue weighted by atomic mass is 19.2. The van der Waals surface area contributed by atoms with Crippen LogP contribution in [0.15, 0.2) is 36.4 Å². The molecule has 0 aliphatic rings. The van der Waals surface area contributed by atoms with Gasteiger partial charge in [0.25, 0.3) is 5.91 Å². The molecule has 2 aromatic carbocycles. The Kier molecular flexibility index (Phi) is 4.00. The molecule has 0 atom stereocenters. The average molecular weight is 344 g/mol. The number of carbonyl (C=O) groups is 2. The van der Waals surface area contributed by atoms with Crippen molar-refractivity contribution < 1.29 is 23.5 Å². The molecule has 1 amide bonds. The van der Waals surface area contributed by atoms with Crippen LogP contribution >= 0.6 is 0 Å². The van der Waals surface area contributed by atoms with E-state index in [1.54, 1.807) is 6.92 Å². The van der Waals surface area contributed by atoms with Gasteiger partial charge in [0, 0.05) is 16.6 Å². The lowest BCUT2D eigenvalue weighted by molar-refractivity contribution is -0.117. The monoisotopic (exact) mass is 344 g/mol. The number of hydrogen-bond acceptors (Lipinski definition) is 3. The van der Waals surface area contributed by atoms with Gasteiger partial charge in [0.2, 0.25) is 5.91 Å². The summed E-state index contributed by atoms with van der Waals surface area (Å²) >= 11 is 0. The lowest BCUT2D eigenvalue weighted by Crippen LogP contribution is -2.16. The van der Waals surface area contributed by atoms with Crippen molar-refractivity contribution in [1.82, 2.24) is 4.57 Å². The maximum atomic E-state index is 13.5. The number of halogens is 2. The quantitative estimate of drug-likeness (QED) is 0.766. The zero-order valence-corrected chi connectivity index (χ0v) is 13.2. The van der Waals surface area contributed by atoms with Crippen LogP contribution in [0.3, 0.4) is 0 Å². The van der Waals surface area contributed by atoms with Gasteiger partial charge in [-0.15, -0.1) is 0 Å². The van der Waals surface area contributed by atoms with E-state index in [1.807, 2.05) is 0 Å². The molecule has 25 heavy (non-hydrogen) atoms. The molecule has 128 valence electrons. The van der Waals surface area contributed by atoms with Crippen LogP contribution in [-0.4, -0.2) is 21.5 Å². The number of phenols is 1. The highest BCUT2D eigenvalue weighted by molar-refractivity contribution is 6.05. The number of rotatable bonds is 3. The summed E-state index contributed by atoms with van der Waals surface area (Å²) in [7, 11) is 0. The molecule has 0 aliphatic carbocycles. The van der Waals surface area contributed by atoms with Crippen molar-refractivity contribution in [2.75, 3.05) is 0 Å². The van der Waals surface area contributed by atoms with E-state index in [4.69, 9.17) is 5.73 Å². The van der Waals surface area contributed by atoms with Crippen LogP contribution in [0.5, 0.6) is 5.75 Å². The summed E-state index contributed by atoms with van der Waals surface area (Å²) in [4.78, 5) is 24.2. The normalized spacial score (nSPS) is 11.0. The Hall–Kier alpha value is -3.22. The molecule has 0 radical (unpaired) electrons. The summed E-state index contributed by atoms with van der Waals surface area (Å²) in [6.07, 6.45) is -0.121. The van der Waals surface area contributed by atoms with Crippen LogP contribution in [0.25, 0.3) is 10.9 Å². The summed E-state index contributed by atoms with van der Waals surface area (Å²) in [6.45, 7) is 1.62. The van der Waals surface area contributed by atoms with Crippen molar-refractivity contribution in [2.24, 2.45) is 5.73 Å². The number of nitrogens with zero attached hydrogens (tertiary/aromatic N) is 1. The maximum absolute atomic E-state index is 13.5. The van der Waals surface area contributed by atoms with Crippen LogP contribution < -0.4 is 5.73 Å². The van der Waals surface area contributed by atoms with Crippen LogP contribution in [0.2, 0.25) is 0 Å². The minimum absolute atomic E-state index is 0.0318. The van der Waals surface area contributed by atoms with Crippen molar-refractivity contribution in [3.63, 3.8) is 0 Å². The Morgan fingerprint density at radius 1 is 1.12 bits per heavy atom. The fraction of sp³-hybridized carbons (Fsp3) is 0.111. The molecule has 3 N–H and O–H groups in total. The Bertz CT molecular complexity index is 1020. The lowest BCUT2D eigenvalue weighted by Gasteiger charge is -2.08. The Labute approximate surface area is 141 Å². The summed E-state index contributed by atoms with van der Waals surface area (Å²) in [5.41, 5.74) is 6.59. The molecule has 5 nitrogen and oxygen atoms in total. The molecule has 0 spiro atoms. The second kappa shape index (κ2) is 6.01. The maximum Gasteiger partial charge on any atom is 0.262 e. The molecule has 1 aromatic heterocycles. The second-order valence-electron chi connectivity index (χ2n) is 5.68. The Morgan fingerprint density at radius 3 is 2.48 bits per heavy atom. The molecular weight excluding hydrogens is 330 g/mol. The van der Waals surface area contributed by atoms with Gasteiger partial charge < -0.3 is 10.8 Å². The van der Waals surface area contributed by atoms with Gasteiger partial charge in [-0.05, 0) is 48.9 Å². The Morgan fingerprint density at radius 2 is 1.84 bits per heavy atom. The zero-order chi connectivity index (χ0) is 18.3. The molecule has 0 bridgehead atoms. The van der Waals surface area contributed by atoms with Crippen molar-refractivity contribution in [1.29, 1.82) is 0 Å². The fourth-order valence-electron chi connectivity index (χ4n) is 2.89. The number of hydrogen-bond donors (Lipinski definition) is 2. The molecule has 7 heteroatoms. The third-order valence-corrected chi connectivity index (χ3v) is 4.04. The van der Waals surface area contributed by atoms with Crippen molar-refractivity contribution in [3.05, 3.63) is 64.9 Å². The van der Waals surface area contributed by atoms with Gasteiger partial charge in [-0.2, -0.15) is 0 Å². The van der Waals surface area contributed by atoms with E-state index in [-0.39, 0.29) is 17.7 Å². The smallest absolute Gasteiger partial charge is 0.262 e. The number of fused-ring (bicyclic) bond motifs is 1. The van der Waals surface area contributed by atoms with Crippen LogP contribution in [-0.2, 0) is 11.2 Å². The molecule has 3 aromatic rings. The van der Waals surface area contributed by atoms with E-state index in [0.717, 1.165) is 12.1 Å². The first-order chi connectivity index (χ1) is 11.8. The Balaban J connectivity index is 2.24. The zero-order valence-electron chi connectivity index (χ0n) is 13.2. The predicted molar refractivity (Wildman–Crippen MR) is 87.3 cm³/mol. The minimum atomic E-state index is -1.13. The number of benzene rings is 2. The van der Waals surface area contributed by atoms with Gasteiger partial charge in [0.05, 0.1) is 11.9 Å².